The molecule has 13 heteroatoms. The smallest absolute Gasteiger partial charge is 0.269 e. The second-order valence-corrected chi connectivity index (χ2v) is 9.19. The number of non-ortho nitro benzene ring substituents is 1. The van der Waals surface area contributed by atoms with Crippen LogP contribution in [0, 0.1) is 10.1 Å². The summed E-state index contributed by atoms with van der Waals surface area (Å²) in [5.41, 5.74) is 0.0552. The largest absolute Gasteiger partial charge is 0.495 e. The van der Waals surface area contributed by atoms with Gasteiger partial charge in [0.2, 0.25) is 0 Å². The Kier molecular flexibility index (Phi) is 7.50. The molecular formula is C21H17Cl2N3O7S. The summed E-state index contributed by atoms with van der Waals surface area (Å²) in [5, 5.41) is 13.5. The molecule has 0 aliphatic carbocycles. The number of carbonyl (C=O) groups is 1. The number of ether oxygens (including phenoxy) is 2. The van der Waals surface area contributed by atoms with Crippen LogP contribution in [0.1, 0.15) is 10.4 Å². The fourth-order valence-electron chi connectivity index (χ4n) is 2.85. The first-order valence-corrected chi connectivity index (χ1v) is 11.6. The molecule has 0 unspecified atom stereocenters. The number of benzene rings is 3. The number of anilines is 2. The number of hydrogen-bond acceptors (Lipinski definition) is 7. The second kappa shape index (κ2) is 10.2. The van der Waals surface area contributed by atoms with Crippen LogP contribution in [0.15, 0.2) is 59.5 Å². The zero-order chi connectivity index (χ0) is 25.0. The van der Waals surface area contributed by atoms with Gasteiger partial charge in [0.05, 0.1) is 45.3 Å². The lowest BCUT2D eigenvalue weighted by Crippen LogP contribution is -2.17. The van der Waals surface area contributed by atoms with Gasteiger partial charge in [0, 0.05) is 30.0 Å². The zero-order valence-corrected chi connectivity index (χ0v) is 20.0. The number of nitrogens with one attached hydrogen (secondary N) is 2. The predicted molar refractivity (Wildman–Crippen MR) is 128 cm³/mol. The van der Waals surface area contributed by atoms with Crippen molar-refractivity contribution < 1.29 is 27.6 Å². The second-order valence-electron chi connectivity index (χ2n) is 6.69. The molecule has 0 fully saturated rings. The van der Waals surface area contributed by atoms with E-state index in [1.807, 2.05) is 0 Å². The van der Waals surface area contributed by atoms with Crippen molar-refractivity contribution in [2.45, 2.75) is 4.90 Å². The molecule has 178 valence electrons. The topological polar surface area (TPSA) is 137 Å². The highest BCUT2D eigenvalue weighted by Crippen LogP contribution is 2.37. The van der Waals surface area contributed by atoms with Crippen molar-refractivity contribution in [1.29, 1.82) is 0 Å². The van der Waals surface area contributed by atoms with Crippen molar-refractivity contribution in [2.75, 3.05) is 24.3 Å². The van der Waals surface area contributed by atoms with Gasteiger partial charge in [-0.1, -0.05) is 23.2 Å². The number of hydrogen-bond donors (Lipinski definition) is 2. The fraction of sp³-hybridized carbons (Fsp3) is 0.0952. The van der Waals surface area contributed by atoms with Gasteiger partial charge in [-0.3, -0.25) is 19.6 Å². The highest BCUT2D eigenvalue weighted by atomic mass is 35.5. The minimum Gasteiger partial charge on any atom is -0.495 e. The van der Waals surface area contributed by atoms with Crippen LogP contribution in [0.25, 0.3) is 0 Å². The van der Waals surface area contributed by atoms with Crippen LogP contribution in [-0.4, -0.2) is 33.5 Å². The predicted octanol–water partition coefficient (Wildman–Crippen LogP) is 4.97. The van der Waals surface area contributed by atoms with Crippen LogP contribution in [0.2, 0.25) is 10.0 Å². The highest BCUT2D eigenvalue weighted by molar-refractivity contribution is 7.92. The summed E-state index contributed by atoms with van der Waals surface area (Å²) >= 11 is 12.2. The van der Waals surface area contributed by atoms with Gasteiger partial charge < -0.3 is 14.8 Å². The van der Waals surface area contributed by atoms with E-state index in [0.717, 1.165) is 6.07 Å². The van der Waals surface area contributed by atoms with Gasteiger partial charge in [-0.2, -0.15) is 0 Å². The SMILES string of the molecule is COc1cc(NS(=O)(=O)c2ccc(Cl)c(C(=O)Nc3ccc([N+](=O)[O-])cc3)c2)c(OC)cc1Cl. The fourth-order valence-corrected chi connectivity index (χ4v) is 4.38. The van der Waals surface area contributed by atoms with Crippen molar-refractivity contribution in [3.63, 3.8) is 0 Å². The first kappa shape index (κ1) is 25.1. The van der Waals surface area contributed by atoms with Gasteiger partial charge in [0.1, 0.15) is 11.5 Å². The standard InChI is InChI=1S/C21H17Cl2N3O7S/c1-32-19-11-18(20(33-2)10-17(19)23)25-34(30,31)14-7-8-16(22)15(9-14)21(27)24-12-3-5-13(6-4-12)26(28)29/h3-11,25H,1-2H3,(H,24,27). The number of nitro groups is 1. The van der Waals surface area contributed by atoms with Crippen LogP contribution >= 0.6 is 23.2 Å². The summed E-state index contributed by atoms with van der Waals surface area (Å²) < 4.78 is 38.7. The number of nitro benzene ring substituents is 1. The van der Waals surface area contributed by atoms with Gasteiger partial charge in [0.15, 0.2) is 0 Å². The van der Waals surface area contributed by atoms with Crippen LogP contribution in [-0.2, 0) is 10.0 Å². The maximum Gasteiger partial charge on any atom is 0.269 e. The number of rotatable bonds is 8. The molecule has 1 amide bonds. The molecule has 0 atom stereocenters. The van der Waals surface area contributed by atoms with Crippen LogP contribution in [0.3, 0.4) is 0 Å². The first-order valence-electron chi connectivity index (χ1n) is 9.35. The average Bonchev–Trinajstić information content (AvgIpc) is 2.80. The first-order chi connectivity index (χ1) is 16.1. The van der Waals surface area contributed by atoms with E-state index in [4.69, 9.17) is 32.7 Å². The van der Waals surface area contributed by atoms with Gasteiger partial charge in [-0.25, -0.2) is 8.42 Å². The molecule has 3 rings (SSSR count). The van der Waals surface area contributed by atoms with E-state index in [2.05, 4.69) is 10.0 Å². The van der Waals surface area contributed by atoms with Crippen LogP contribution in [0.5, 0.6) is 11.5 Å². The highest BCUT2D eigenvalue weighted by Gasteiger charge is 2.22. The van der Waals surface area contributed by atoms with E-state index in [1.54, 1.807) is 0 Å². The van der Waals surface area contributed by atoms with Gasteiger partial charge in [-0.05, 0) is 30.3 Å². The molecule has 34 heavy (non-hydrogen) atoms. The molecule has 3 aromatic rings. The van der Waals surface area contributed by atoms with E-state index < -0.39 is 20.9 Å². The van der Waals surface area contributed by atoms with Crippen molar-refractivity contribution in [1.82, 2.24) is 0 Å². The van der Waals surface area contributed by atoms with Crippen molar-refractivity contribution in [3.05, 3.63) is 80.3 Å². The lowest BCUT2D eigenvalue weighted by atomic mass is 10.2. The number of methoxy groups -OCH3 is 2. The number of carbonyl (C=O) groups excluding carboxylic acids is 1. The molecule has 0 radical (unpaired) electrons. The summed E-state index contributed by atoms with van der Waals surface area (Å²) in [4.78, 5) is 22.7. The summed E-state index contributed by atoms with van der Waals surface area (Å²) in [6.45, 7) is 0. The lowest BCUT2D eigenvalue weighted by molar-refractivity contribution is -0.384. The summed E-state index contributed by atoms with van der Waals surface area (Å²) in [7, 11) is -1.46. The van der Waals surface area contributed by atoms with Crippen LogP contribution < -0.4 is 19.5 Å². The Hall–Kier alpha value is -3.54. The lowest BCUT2D eigenvalue weighted by Gasteiger charge is -2.15. The van der Waals surface area contributed by atoms with Crippen molar-refractivity contribution in [3.8, 4) is 11.5 Å². The van der Waals surface area contributed by atoms with Crippen LogP contribution in [0.4, 0.5) is 17.1 Å². The number of amides is 1. The monoisotopic (exact) mass is 525 g/mol. The van der Waals surface area contributed by atoms with Crippen molar-refractivity contribution in [2.24, 2.45) is 0 Å². The molecule has 0 heterocycles. The molecule has 0 saturated carbocycles. The van der Waals surface area contributed by atoms with Gasteiger partial charge >= 0.3 is 0 Å². The number of sulfonamides is 1. The van der Waals surface area contributed by atoms with E-state index in [1.165, 1.54) is 62.8 Å². The Morgan fingerprint density at radius 2 is 1.59 bits per heavy atom. The molecular weight excluding hydrogens is 509 g/mol. The normalized spacial score (nSPS) is 10.9. The molecule has 0 aromatic heterocycles. The quantitative estimate of drug-likeness (QED) is 0.312. The van der Waals surface area contributed by atoms with E-state index in [0.29, 0.717) is 0 Å². The van der Waals surface area contributed by atoms with E-state index in [-0.39, 0.29) is 49.1 Å². The number of nitrogens with zero attached hydrogens (tertiary/aromatic N) is 1. The molecule has 2 N–H and O–H groups in total. The molecule has 0 aliphatic heterocycles. The Morgan fingerprint density at radius 3 is 2.18 bits per heavy atom. The molecule has 0 spiro atoms. The zero-order valence-electron chi connectivity index (χ0n) is 17.7. The van der Waals surface area contributed by atoms with Gasteiger partial charge in [0.25, 0.3) is 21.6 Å². The number of halogens is 2. The minimum absolute atomic E-state index is 0.00380. The van der Waals surface area contributed by atoms with E-state index >= 15 is 0 Å². The molecule has 0 aliphatic rings. The van der Waals surface area contributed by atoms with E-state index in [9.17, 15) is 23.3 Å². The van der Waals surface area contributed by atoms with Gasteiger partial charge in [-0.15, -0.1) is 0 Å². The maximum atomic E-state index is 13.0. The Labute approximate surface area is 204 Å². The Morgan fingerprint density at radius 1 is 0.941 bits per heavy atom. The van der Waals surface area contributed by atoms with Crippen molar-refractivity contribution >= 4 is 56.2 Å². The maximum absolute atomic E-state index is 13.0. The Bertz CT molecular complexity index is 1360. The third-order valence-corrected chi connectivity index (χ3v) is 6.54. The summed E-state index contributed by atoms with van der Waals surface area (Å²) in [5.74, 6) is -0.333. The average molecular weight is 526 g/mol. The summed E-state index contributed by atoms with van der Waals surface area (Å²) in [6, 6.07) is 11.5. The minimum atomic E-state index is -4.19. The third-order valence-electron chi connectivity index (χ3n) is 4.55. The Balaban J connectivity index is 1.90. The molecule has 3 aromatic carbocycles. The molecule has 10 nitrogen and oxygen atoms in total. The molecule has 0 saturated heterocycles. The molecule has 0 bridgehead atoms. The summed E-state index contributed by atoms with van der Waals surface area (Å²) in [6.07, 6.45) is 0. The third kappa shape index (κ3) is 5.50.